The minimum absolute atomic E-state index is 0.632. The number of aryl methyl sites for hydroxylation is 1. The lowest BCUT2D eigenvalue weighted by Crippen LogP contribution is -2.41. The number of fused-ring (bicyclic) bond motifs is 3. The zero-order chi connectivity index (χ0) is 13.2. The van der Waals surface area contributed by atoms with Gasteiger partial charge in [-0.1, -0.05) is 19.1 Å². The molecule has 100 valence electrons. The van der Waals surface area contributed by atoms with E-state index < -0.39 is 0 Å². The molecule has 2 atom stereocenters. The van der Waals surface area contributed by atoms with E-state index in [1.54, 1.807) is 0 Å². The van der Waals surface area contributed by atoms with Crippen molar-refractivity contribution in [1.29, 1.82) is 5.26 Å². The molecule has 0 amide bonds. The van der Waals surface area contributed by atoms with Gasteiger partial charge in [0.1, 0.15) is 0 Å². The molecule has 0 bridgehead atoms. The van der Waals surface area contributed by atoms with E-state index in [0.717, 1.165) is 17.9 Å². The Kier molecular flexibility index (Phi) is 3.57. The molecule has 1 saturated heterocycles. The number of hydrogen-bond donors (Lipinski definition) is 0. The number of nitriles is 1. The van der Waals surface area contributed by atoms with E-state index in [1.165, 1.54) is 50.0 Å². The van der Waals surface area contributed by atoms with Crippen molar-refractivity contribution in [3.8, 4) is 6.07 Å². The molecule has 2 nitrogen and oxygen atoms in total. The Balaban J connectivity index is 1.88. The Morgan fingerprint density at radius 3 is 3.05 bits per heavy atom. The summed E-state index contributed by atoms with van der Waals surface area (Å²) >= 11 is 0. The van der Waals surface area contributed by atoms with Crippen LogP contribution in [-0.2, 0) is 6.42 Å². The van der Waals surface area contributed by atoms with Crippen molar-refractivity contribution in [3.63, 3.8) is 0 Å². The maximum absolute atomic E-state index is 9.36. The fourth-order valence-corrected chi connectivity index (χ4v) is 4.01. The lowest BCUT2D eigenvalue weighted by atomic mass is 9.70. The second-order valence-electron chi connectivity index (χ2n) is 5.98. The van der Waals surface area contributed by atoms with Gasteiger partial charge in [0.15, 0.2) is 0 Å². The highest BCUT2D eigenvalue weighted by molar-refractivity contribution is 5.47. The minimum atomic E-state index is 0.632. The average molecular weight is 254 g/mol. The van der Waals surface area contributed by atoms with Crippen molar-refractivity contribution in [2.45, 2.75) is 38.5 Å². The van der Waals surface area contributed by atoms with Gasteiger partial charge in [-0.05, 0) is 67.8 Å². The van der Waals surface area contributed by atoms with Crippen LogP contribution in [0.5, 0.6) is 0 Å². The summed E-state index contributed by atoms with van der Waals surface area (Å²) in [5.41, 5.74) is 3.75. The Morgan fingerprint density at radius 2 is 2.26 bits per heavy atom. The van der Waals surface area contributed by atoms with Gasteiger partial charge in [0.25, 0.3) is 0 Å². The molecule has 0 radical (unpaired) electrons. The van der Waals surface area contributed by atoms with Crippen LogP contribution in [0.15, 0.2) is 18.2 Å². The Hall–Kier alpha value is -1.33. The van der Waals surface area contributed by atoms with E-state index in [2.05, 4.69) is 24.0 Å². The Morgan fingerprint density at radius 1 is 1.37 bits per heavy atom. The lowest BCUT2D eigenvalue weighted by molar-refractivity contribution is 0.141. The molecular weight excluding hydrogens is 232 g/mol. The van der Waals surface area contributed by atoms with Crippen molar-refractivity contribution >= 4 is 0 Å². The number of nitrogens with zero attached hydrogens (tertiary/aromatic N) is 2. The van der Waals surface area contributed by atoms with Crippen molar-refractivity contribution < 1.29 is 0 Å². The first-order valence-corrected chi connectivity index (χ1v) is 7.57. The molecule has 2 aliphatic rings. The van der Waals surface area contributed by atoms with Crippen LogP contribution in [0.3, 0.4) is 0 Å². The van der Waals surface area contributed by atoms with Crippen molar-refractivity contribution in [3.05, 3.63) is 34.9 Å². The molecule has 0 N–H and O–H groups in total. The fourth-order valence-electron chi connectivity index (χ4n) is 4.01. The van der Waals surface area contributed by atoms with Gasteiger partial charge in [-0.3, -0.25) is 0 Å². The van der Waals surface area contributed by atoms with Crippen LogP contribution in [0.2, 0.25) is 0 Å². The van der Waals surface area contributed by atoms with Gasteiger partial charge in [-0.25, -0.2) is 0 Å². The third-order valence-corrected chi connectivity index (χ3v) is 4.83. The number of benzene rings is 1. The predicted molar refractivity (Wildman–Crippen MR) is 77.1 cm³/mol. The van der Waals surface area contributed by atoms with Crippen LogP contribution < -0.4 is 0 Å². The van der Waals surface area contributed by atoms with Crippen LogP contribution in [0.1, 0.15) is 48.8 Å². The Labute approximate surface area is 116 Å². The fraction of sp³-hybridized carbons (Fsp3) is 0.588. The highest BCUT2D eigenvalue weighted by Crippen LogP contribution is 2.42. The number of rotatable bonds is 2. The Bertz CT molecular complexity index is 500. The van der Waals surface area contributed by atoms with E-state index in [4.69, 9.17) is 0 Å². The van der Waals surface area contributed by atoms with E-state index >= 15 is 0 Å². The van der Waals surface area contributed by atoms with Crippen molar-refractivity contribution in [2.75, 3.05) is 19.6 Å². The third-order valence-electron chi connectivity index (χ3n) is 4.83. The third kappa shape index (κ3) is 2.28. The molecule has 1 aliphatic heterocycles. The maximum Gasteiger partial charge on any atom is 0.0994 e. The first-order chi connectivity index (χ1) is 9.33. The molecule has 3 rings (SSSR count). The van der Waals surface area contributed by atoms with E-state index in [9.17, 15) is 5.26 Å². The molecule has 0 spiro atoms. The van der Waals surface area contributed by atoms with Crippen LogP contribution >= 0.6 is 0 Å². The highest BCUT2D eigenvalue weighted by Gasteiger charge is 2.35. The zero-order valence-corrected chi connectivity index (χ0v) is 11.7. The standard InChI is InChI=1S/C17H22N2/c1-2-9-19-10-8-16-15(12-19)7-6-13-4-3-5-14(11-18)17(13)16/h3-5,15-16H,2,6-10,12H2,1H3. The normalized spacial score (nSPS) is 26.3. The summed E-state index contributed by atoms with van der Waals surface area (Å²) in [7, 11) is 0. The first kappa shape index (κ1) is 12.7. The van der Waals surface area contributed by atoms with Gasteiger partial charge in [0.05, 0.1) is 11.6 Å². The average Bonchev–Trinajstić information content (AvgIpc) is 2.46. The molecule has 1 aromatic rings. The largest absolute Gasteiger partial charge is 0.303 e. The van der Waals surface area contributed by atoms with Crippen molar-refractivity contribution in [2.24, 2.45) is 5.92 Å². The van der Waals surface area contributed by atoms with E-state index in [-0.39, 0.29) is 0 Å². The summed E-state index contributed by atoms with van der Waals surface area (Å²) in [5.74, 6) is 1.40. The van der Waals surface area contributed by atoms with Gasteiger partial charge in [0.2, 0.25) is 0 Å². The lowest BCUT2D eigenvalue weighted by Gasteiger charge is -2.42. The first-order valence-electron chi connectivity index (χ1n) is 7.57. The monoisotopic (exact) mass is 254 g/mol. The second kappa shape index (κ2) is 5.35. The number of piperidine rings is 1. The summed E-state index contributed by atoms with van der Waals surface area (Å²) in [6.45, 7) is 5.93. The molecule has 1 aliphatic carbocycles. The molecular formula is C17H22N2. The summed E-state index contributed by atoms with van der Waals surface area (Å²) in [4.78, 5) is 2.61. The molecule has 1 fully saturated rings. The van der Waals surface area contributed by atoms with E-state index in [1.807, 2.05) is 12.1 Å². The predicted octanol–water partition coefficient (Wildman–Crippen LogP) is 3.32. The molecule has 0 saturated carbocycles. The summed E-state index contributed by atoms with van der Waals surface area (Å²) in [6.07, 6.45) is 4.94. The summed E-state index contributed by atoms with van der Waals surface area (Å²) in [5, 5.41) is 9.36. The zero-order valence-electron chi connectivity index (χ0n) is 11.7. The molecule has 1 aromatic carbocycles. The van der Waals surface area contributed by atoms with Crippen LogP contribution in [0, 0.1) is 17.2 Å². The van der Waals surface area contributed by atoms with Crippen LogP contribution in [0.25, 0.3) is 0 Å². The summed E-state index contributed by atoms with van der Waals surface area (Å²) < 4.78 is 0. The van der Waals surface area contributed by atoms with Gasteiger partial charge >= 0.3 is 0 Å². The molecule has 2 heteroatoms. The number of likely N-dealkylation sites (tertiary alicyclic amines) is 1. The minimum Gasteiger partial charge on any atom is -0.303 e. The van der Waals surface area contributed by atoms with Gasteiger partial charge in [-0.2, -0.15) is 5.26 Å². The van der Waals surface area contributed by atoms with Gasteiger partial charge in [-0.15, -0.1) is 0 Å². The molecule has 1 heterocycles. The van der Waals surface area contributed by atoms with Crippen LogP contribution in [-0.4, -0.2) is 24.5 Å². The summed E-state index contributed by atoms with van der Waals surface area (Å²) in [6, 6.07) is 8.68. The number of hydrogen-bond acceptors (Lipinski definition) is 2. The van der Waals surface area contributed by atoms with Gasteiger partial charge in [0, 0.05) is 6.54 Å². The topological polar surface area (TPSA) is 27.0 Å². The SMILES string of the molecule is CCCN1CCC2c3c(C#N)cccc3CCC2C1. The molecule has 2 unspecified atom stereocenters. The van der Waals surface area contributed by atoms with Crippen LogP contribution in [0.4, 0.5) is 0 Å². The second-order valence-corrected chi connectivity index (χ2v) is 5.98. The van der Waals surface area contributed by atoms with Gasteiger partial charge < -0.3 is 4.90 Å². The van der Waals surface area contributed by atoms with E-state index in [0.29, 0.717) is 5.92 Å². The molecule has 19 heavy (non-hydrogen) atoms. The smallest absolute Gasteiger partial charge is 0.0994 e. The van der Waals surface area contributed by atoms with Crippen molar-refractivity contribution in [1.82, 2.24) is 4.90 Å². The maximum atomic E-state index is 9.36. The molecule has 0 aromatic heterocycles. The highest BCUT2D eigenvalue weighted by atomic mass is 15.1. The quantitative estimate of drug-likeness (QED) is 0.809.